The van der Waals surface area contributed by atoms with Crippen LogP contribution in [0.3, 0.4) is 0 Å². The van der Waals surface area contributed by atoms with Crippen molar-refractivity contribution in [2.45, 2.75) is 9.24 Å². The number of nitrogens with zero attached hydrogens (tertiary/aromatic N) is 1. The Hall–Kier alpha value is -1.78. The molecule has 3 aromatic rings. The van der Waals surface area contributed by atoms with Crippen LogP contribution < -0.4 is 5.73 Å². The number of benzene rings is 2. The first-order valence-corrected chi connectivity index (χ1v) is 7.55. The van der Waals surface area contributed by atoms with Crippen LogP contribution in [0.1, 0.15) is 0 Å². The minimum absolute atomic E-state index is 0.782. The predicted octanol–water partition coefficient (Wildman–Crippen LogP) is 4.54. The van der Waals surface area contributed by atoms with Crippen molar-refractivity contribution >= 4 is 28.8 Å². The van der Waals surface area contributed by atoms with Gasteiger partial charge in [-0.05, 0) is 18.2 Å². The fourth-order valence-electron chi connectivity index (χ4n) is 1.72. The quantitative estimate of drug-likeness (QED) is 0.717. The van der Waals surface area contributed by atoms with Crippen LogP contribution in [0.4, 0.5) is 5.69 Å². The van der Waals surface area contributed by atoms with Crippen LogP contribution in [0, 0.1) is 0 Å². The maximum absolute atomic E-state index is 5.78. The Balaban J connectivity index is 1.82. The molecule has 2 nitrogen and oxygen atoms in total. The molecule has 0 saturated carbocycles. The van der Waals surface area contributed by atoms with Crippen molar-refractivity contribution in [3.05, 3.63) is 60.0 Å². The lowest BCUT2D eigenvalue weighted by Crippen LogP contribution is -1.83. The molecule has 4 heteroatoms. The molecule has 1 heterocycles. The van der Waals surface area contributed by atoms with Gasteiger partial charge in [-0.2, -0.15) is 0 Å². The average molecular weight is 284 g/mol. The zero-order chi connectivity index (χ0) is 13.1. The number of rotatable bonds is 3. The number of nitrogens with two attached hydrogens (primary N) is 1. The van der Waals surface area contributed by atoms with Gasteiger partial charge < -0.3 is 5.73 Å². The smallest absolute Gasteiger partial charge is 0.155 e. The lowest BCUT2D eigenvalue weighted by molar-refractivity contribution is 1.25. The maximum Gasteiger partial charge on any atom is 0.155 e. The van der Waals surface area contributed by atoms with Gasteiger partial charge in [0.05, 0.1) is 5.69 Å². The molecule has 0 amide bonds. The Kier molecular flexibility index (Phi) is 3.53. The summed E-state index contributed by atoms with van der Waals surface area (Å²) < 4.78 is 1.03. The number of thiazole rings is 1. The van der Waals surface area contributed by atoms with Gasteiger partial charge in [0.25, 0.3) is 0 Å². The van der Waals surface area contributed by atoms with Gasteiger partial charge in [-0.1, -0.05) is 48.2 Å². The van der Waals surface area contributed by atoms with Crippen LogP contribution in [0.25, 0.3) is 11.3 Å². The third-order valence-corrected chi connectivity index (χ3v) is 4.54. The van der Waals surface area contributed by atoms with E-state index in [4.69, 9.17) is 5.73 Å². The molecular weight excluding hydrogens is 272 g/mol. The zero-order valence-electron chi connectivity index (χ0n) is 10.1. The van der Waals surface area contributed by atoms with E-state index in [9.17, 15) is 0 Å². The highest BCUT2D eigenvalue weighted by Crippen LogP contribution is 2.33. The summed E-state index contributed by atoms with van der Waals surface area (Å²) in [6.45, 7) is 0. The minimum atomic E-state index is 0.782. The van der Waals surface area contributed by atoms with Gasteiger partial charge in [0.15, 0.2) is 4.34 Å². The second-order valence-electron chi connectivity index (χ2n) is 4.04. The highest BCUT2D eigenvalue weighted by Gasteiger charge is 2.05. The number of hydrogen-bond donors (Lipinski definition) is 1. The molecule has 0 fully saturated rings. The molecule has 1 aromatic heterocycles. The molecule has 94 valence electrons. The summed E-state index contributed by atoms with van der Waals surface area (Å²) in [6.07, 6.45) is 0. The van der Waals surface area contributed by atoms with E-state index in [0.717, 1.165) is 26.2 Å². The Labute approximate surface area is 120 Å². The topological polar surface area (TPSA) is 38.9 Å². The monoisotopic (exact) mass is 284 g/mol. The number of anilines is 1. The molecule has 0 saturated heterocycles. The van der Waals surface area contributed by atoms with Gasteiger partial charge in [-0.15, -0.1) is 11.3 Å². The molecule has 2 aromatic carbocycles. The van der Waals surface area contributed by atoms with Crippen LogP contribution in [-0.4, -0.2) is 4.98 Å². The fourth-order valence-corrected chi connectivity index (χ4v) is 3.59. The molecule has 3 rings (SSSR count). The van der Waals surface area contributed by atoms with Gasteiger partial charge in [0, 0.05) is 21.5 Å². The number of nitrogen functional groups attached to an aromatic ring is 1. The van der Waals surface area contributed by atoms with Crippen molar-refractivity contribution in [3.63, 3.8) is 0 Å². The van der Waals surface area contributed by atoms with Crippen molar-refractivity contribution in [3.8, 4) is 11.3 Å². The van der Waals surface area contributed by atoms with Gasteiger partial charge in [0.2, 0.25) is 0 Å². The molecule has 19 heavy (non-hydrogen) atoms. The molecule has 0 aliphatic carbocycles. The summed E-state index contributed by atoms with van der Waals surface area (Å²) in [6, 6.07) is 18.1. The summed E-state index contributed by atoms with van der Waals surface area (Å²) in [5.74, 6) is 0. The summed E-state index contributed by atoms with van der Waals surface area (Å²) in [7, 11) is 0. The third kappa shape index (κ3) is 2.97. The molecule has 0 aliphatic heterocycles. The van der Waals surface area contributed by atoms with Crippen molar-refractivity contribution in [1.82, 2.24) is 4.98 Å². The van der Waals surface area contributed by atoms with Crippen molar-refractivity contribution in [2.75, 3.05) is 5.73 Å². The van der Waals surface area contributed by atoms with E-state index in [0.29, 0.717) is 0 Å². The van der Waals surface area contributed by atoms with E-state index in [1.807, 2.05) is 42.5 Å². The van der Waals surface area contributed by atoms with E-state index in [1.54, 1.807) is 23.1 Å². The minimum Gasteiger partial charge on any atom is -0.399 e. The van der Waals surface area contributed by atoms with Crippen LogP contribution in [0.2, 0.25) is 0 Å². The number of aromatic nitrogens is 1. The van der Waals surface area contributed by atoms with E-state index < -0.39 is 0 Å². The van der Waals surface area contributed by atoms with E-state index in [2.05, 4.69) is 22.5 Å². The first-order valence-electron chi connectivity index (χ1n) is 5.85. The Morgan fingerprint density at radius 1 is 1.00 bits per heavy atom. The maximum atomic E-state index is 5.78. The average Bonchev–Trinajstić information content (AvgIpc) is 2.88. The second kappa shape index (κ2) is 5.47. The standard InChI is InChI=1S/C15H12N2S2/c16-12-7-4-8-13(9-12)19-15-17-14(10-18-15)11-5-2-1-3-6-11/h1-10H,16H2. The lowest BCUT2D eigenvalue weighted by Gasteiger charge is -1.99. The lowest BCUT2D eigenvalue weighted by atomic mass is 10.2. The predicted molar refractivity (Wildman–Crippen MR) is 82.5 cm³/mol. The fraction of sp³-hybridized carbons (Fsp3) is 0. The zero-order valence-corrected chi connectivity index (χ0v) is 11.7. The highest BCUT2D eigenvalue weighted by molar-refractivity contribution is 8.01. The molecule has 0 spiro atoms. The third-order valence-electron chi connectivity index (χ3n) is 2.62. The molecule has 0 aliphatic rings. The van der Waals surface area contributed by atoms with Crippen LogP contribution in [-0.2, 0) is 0 Å². The summed E-state index contributed by atoms with van der Waals surface area (Å²) in [4.78, 5) is 5.77. The normalized spacial score (nSPS) is 10.5. The molecule has 0 bridgehead atoms. The molecule has 0 atom stereocenters. The van der Waals surface area contributed by atoms with Gasteiger partial charge >= 0.3 is 0 Å². The molecular formula is C15H12N2S2. The van der Waals surface area contributed by atoms with Crippen LogP contribution in [0.15, 0.2) is 69.2 Å². The van der Waals surface area contributed by atoms with Gasteiger partial charge in [0.1, 0.15) is 0 Å². The Bertz CT molecular complexity index is 677. The molecule has 2 N–H and O–H groups in total. The van der Waals surface area contributed by atoms with Crippen LogP contribution in [0.5, 0.6) is 0 Å². The summed E-state index contributed by atoms with van der Waals surface area (Å²) in [5.41, 5.74) is 8.74. The van der Waals surface area contributed by atoms with E-state index >= 15 is 0 Å². The highest BCUT2D eigenvalue weighted by atomic mass is 32.2. The first-order chi connectivity index (χ1) is 9.31. The SMILES string of the molecule is Nc1cccc(Sc2nc(-c3ccccc3)cs2)c1. The van der Waals surface area contributed by atoms with Crippen molar-refractivity contribution in [2.24, 2.45) is 0 Å². The Morgan fingerprint density at radius 3 is 2.63 bits per heavy atom. The summed E-state index contributed by atoms with van der Waals surface area (Å²) in [5, 5.41) is 2.09. The van der Waals surface area contributed by atoms with Gasteiger partial charge in [-0.3, -0.25) is 0 Å². The Morgan fingerprint density at radius 2 is 1.84 bits per heavy atom. The van der Waals surface area contributed by atoms with Crippen molar-refractivity contribution < 1.29 is 0 Å². The van der Waals surface area contributed by atoms with E-state index in [-0.39, 0.29) is 0 Å². The molecule has 0 unspecified atom stereocenters. The van der Waals surface area contributed by atoms with Crippen LogP contribution >= 0.6 is 23.1 Å². The molecule has 0 radical (unpaired) electrons. The van der Waals surface area contributed by atoms with Crippen molar-refractivity contribution in [1.29, 1.82) is 0 Å². The summed E-state index contributed by atoms with van der Waals surface area (Å²) >= 11 is 3.30. The second-order valence-corrected chi connectivity index (χ2v) is 6.22. The van der Waals surface area contributed by atoms with E-state index in [1.165, 1.54) is 0 Å². The van der Waals surface area contributed by atoms with Gasteiger partial charge in [-0.25, -0.2) is 4.98 Å². The first kappa shape index (κ1) is 12.3. The number of hydrogen-bond acceptors (Lipinski definition) is 4. The largest absolute Gasteiger partial charge is 0.399 e.